The second-order valence-electron chi connectivity index (χ2n) is 5.20. The van der Waals surface area contributed by atoms with Crippen LogP contribution < -0.4 is 5.32 Å². The average molecular weight is 241 g/mol. The third-order valence-electron chi connectivity index (χ3n) is 3.70. The molecule has 17 heavy (non-hydrogen) atoms. The topological polar surface area (TPSA) is 75.6 Å². The molecule has 2 rings (SSSR count). The SMILES string of the molecule is O=C(O)CC1(NC(=O)CC2CCC2)CCOC1. The second kappa shape index (κ2) is 5.04. The molecule has 0 aromatic rings. The van der Waals surface area contributed by atoms with Crippen molar-refractivity contribution in [2.75, 3.05) is 13.2 Å². The van der Waals surface area contributed by atoms with Crippen LogP contribution in [-0.4, -0.2) is 35.7 Å². The zero-order valence-corrected chi connectivity index (χ0v) is 9.91. The molecular formula is C12H19NO4. The number of nitrogens with one attached hydrogen (secondary N) is 1. The molecule has 5 nitrogen and oxygen atoms in total. The van der Waals surface area contributed by atoms with E-state index in [0.29, 0.717) is 32.0 Å². The number of carbonyl (C=O) groups excluding carboxylic acids is 1. The standard InChI is InChI=1S/C12H19NO4/c14-10(6-9-2-1-3-9)13-12(7-11(15)16)4-5-17-8-12/h9H,1-8H2,(H,13,14)(H,15,16). The number of hydrogen-bond acceptors (Lipinski definition) is 3. The van der Waals surface area contributed by atoms with Crippen molar-refractivity contribution in [1.82, 2.24) is 5.32 Å². The quantitative estimate of drug-likeness (QED) is 0.750. The lowest BCUT2D eigenvalue weighted by atomic mass is 9.82. The van der Waals surface area contributed by atoms with Gasteiger partial charge < -0.3 is 15.2 Å². The molecular weight excluding hydrogens is 222 g/mol. The van der Waals surface area contributed by atoms with E-state index < -0.39 is 11.5 Å². The van der Waals surface area contributed by atoms with Crippen molar-refractivity contribution in [1.29, 1.82) is 0 Å². The highest BCUT2D eigenvalue weighted by Gasteiger charge is 2.39. The van der Waals surface area contributed by atoms with E-state index in [1.165, 1.54) is 6.42 Å². The molecule has 1 saturated heterocycles. The van der Waals surface area contributed by atoms with E-state index in [-0.39, 0.29) is 12.3 Å². The van der Waals surface area contributed by atoms with Gasteiger partial charge in [0.1, 0.15) is 0 Å². The van der Waals surface area contributed by atoms with Crippen LogP contribution in [0.2, 0.25) is 0 Å². The van der Waals surface area contributed by atoms with Crippen LogP contribution in [0.5, 0.6) is 0 Å². The summed E-state index contributed by atoms with van der Waals surface area (Å²) < 4.78 is 5.23. The maximum Gasteiger partial charge on any atom is 0.305 e. The molecule has 0 bridgehead atoms. The Balaban J connectivity index is 1.87. The number of carboxylic acid groups (broad SMARTS) is 1. The van der Waals surface area contributed by atoms with Gasteiger partial charge in [0.15, 0.2) is 0 Å². The van der Waals surface area contributed by atoms with Crippen molar-refractivity contribution in [3.8, 4) is 0 Å². The molecule has 1 heterocycles. The van der Waals surface area contributed by atoms with Crippen molar-refractivity contribution in [2.24, 2.45) is 5.92 Å². The van der Waals surface area contributed by atoms with Gasteiger partial charge in [0.25, 0.3) is 0 Å². The third kappa shape index (κ3) is 3.19. The van der Waals surface area contributed by atoms with Crippen LogP contribution in [0, 0.1) is 5.92 Å². The van der Waals surface area contributed by atoms with Crippen LogP contribution in [-0.2, 0) is 14.3 Å². The molecule has 1 aliphatic carbocycles. The first-order valence-electron chi connectivity index (χ1n) is 6.20. The molecule has 5 heteroatoms. The summed E-state index contributed by atoms with van der Waals surface area (Å²) in [7, 11) is 0. The number of amides is 1. The Morgan fingerprint density at radius 3 is 2.65 bits per heavy atom. The second-order valence-corrected chi connectivity index (χ2v) is 5.20. The predicted molar refractivity (Wildman–Crippen MR) is 60.5 cm³/mol. The highest BCUT2D eigenvalue weighted by molar-refractivity contribution is 5.78. The van der Waals surface area contributed by atoms with Gasteiger partial charge in [-0.2, -0.15) is 0 Å². The summed E-state index contributed by atoms with van der Waals surface area (Å²) in [5.74, 6) is -0.417. The first-order chi connectivity index (χ1) is 8.10. The summed E-state index contributed by atoms with van der Waals surface area (Å²) in [6, 6.07) is 0. The minimum atomic E-state index is -0.889. The van der Waals surface area contributed by atoms with Gasteiger partial charge in [-0.05, 0) is 25.2 Å². The van der Waals surface area contributed by atoms with Gasteiger partial charge in [-0.15, -0.1) is 0 Å². The van der Waals surface area contributed by atoms with Gasteiger partial charge in [0.2, 0.25) is 5.91 Å². The number of carbonyl (C=O) groups is 2. The Labute approximate surface area is 101 Å². The Kier molecular flexibility index (Phi) is 3.66. The molecule has 1 saturated carbocycles. The largest absolute Gasteiger partial charge is 0.481 e. The molecule has 96 valence electrons. The number of carboxylic acids is 1. The van der Waals surface area contributed by atoms with Crippen LogP contribution >= 0.6 is 0 Å². The van der Waals surface area contributed by atoms with E-state index >= 15 is 0 Å². The number of hydrogen-bond donors (Lipinski definition) is 2. The van der Waals surface area contributed by atoms with Gasteiger partial charge >= 0.3 is 5.97 Å². The van der Waals surface area contributed by atoms with Gasteiger partial charge in [-0.1, -0.05) is 6.42 Å². The first-order valence-corrected chi connectivity index (χ1v) is 6.20. The number of rotatable bonds is 5. The number of ether oxygens (including phenoxy) is 1. The fourth-order valence-corrected chi connectivity index (χ4v) is 2.48. The van der Waals surface area contributed by atoms with Crippen molar-refractivity contribution in [3.63, 3.8) is 0 Å². The van der Waals surface area contributed by atoms with E-state index in [4.69, 9.17) is 9.84 Å². The van der Waals surface area contributed by atoms with E-state index in [1.807, 2.05) is 0 Å². The van der Waals surface area contributed by atoms with Crippen LogP contribution in [0.25, 0.3) is 0 Å². The summed E-state index contributed by atoms with van der Waals surface area (Å²) in [5.41, 5.74) is -0.674. The zero-order valence-electron chi connectivity index (χ0n) is 9.91. The van der Waals surface area contributed by atoms with E-state index in [1.54, 1.807) is 0 Å². The van der Waals surface area contributed by atoms with Crippen LogP contribution in [0.3, 0.4) is 0 Å². The van der Waals surface area contributed by atoms with Crippen molar-refractivity contribution in [3.05, 3.63) is 0 Å². The first kappa shape index (κ1) is 12.4. The molecule has 1 atom stereocenters. The fraction of sp³-hybridized carbons (Fsp3) is 0.833. The molecule has 0 aromatic heterocycles. The lowest BCUT2D eigenvalue weighted by Gasteiger charge is -2.30. The Morgan fingerprint density at radius 2 is 2.18 bits per heavy atom. The zero-order chi connectivity index (χ0) is 12.3. The van der Waals surface area contributed by atoms with E-state index in [9.17, 15) is 9.59 Å². The van der Waals surface area contributed by atoms with Crippen LogP contribution in [0.15, 0.2) is 0 Å². The highest BCUT2D eigenvalue weighted by Crippen LogP contribution is 2.30. The smallest absolute Gasteiger partial charge is 0.305 e. The van der Waals surface area contributed by atoms with E-state index in [0.717, 1.165) is 12.8 Å². The molecule has 2 aliphatic rings. The lowest BCUT2D eigenvalue weighted by molar-refractivity contribution is -0.139. The Morgan fingerprint density at radius 1 is 1.41 bits per heavy atom. The molecule has 2 N–H and O–H groups in total. The van der Waals surface area contributed by atoms with Gasteiger partial charge in [-0.3, -0.25) is 9.59 Å². The van der Waals surface area contributed by atoms with Crippen molar-refractivity contribution in [2.45, 2.75) is 44.1 Å². The highest BCUT2D eigenvalue weighted by atomic mass is 16.5. The van der Waals surface area contributed by atoms with Crippen molar-refractivity contribution >= 4 is 11.9 Å². The Hall–Kier alpha value is -1.10. The lowest BCUT2D eigenvalue weighted by Crippen LogP contribution is -2.51. The average Bonchev–Trinajstić information content (AvgIpc) is 2.59. The van der Waals surface area contributed by atoms with E-state index in [2.05, 4.69) is 5.32 Å². The fourth-order valence-electron chi connectivity index (χ4n) is 2.48. The maximum atomic E-state index is 11.8. The minimum Gasteiger partial charge on any atom is -0.481 e. The van der Waals surface area contributed by atoms with Gasteiger partial charge in [-0.25, -0.2) is 0 Å². The minimum absolute atomic E-state index is 0.0264. The monoisotopic (exact) mass is 241 g/mol. The molecule has 2 fully saturated rings. The van der Waals surface area contributed by atoms with Gasteiger partial charge in [0.05, 0.1) is 18.6 Å². The Bertz CT molecular complexity index is 306. The third-order valence-corrected chi connectivity index (χ3v) is 3.70. The molecule has 1 aliphatic heterocycles. The molecule has 1 unspecified atom stereocenters. The maximum absolute atomic E-state index is 11.8. The predicted octanol–water partition coefficient (Wildman–Crippen LogP) is 0.927. The van der Waals surface area contributed by atoms with Crippen molar-refractivity contribution < 1.29 is 19.4 Å². The van der Waals surface area contributed by atoms with Crippen LogP contribution in [0.1, 0.15) is 38.5 Å². The summed E-state index contributed by atoms with van der Waals surface area (Å²) in [6.45, 7) is 0.840. The molecule has 1 amide bonds. The summed E-state index contributed by atoms with van der Waals surface area (Å²) in [4.78, 5) is 22.7. The molecule has 0 radical (unpaired) electrons. The molecule has 0 spiro atoms. The van der Waals surface area contributed by atoms with Gasteiger partial charge in [0, 0.05) is 13.0 Å². The summed E-state index contributed by atoms with van der Waals surface area (Å²) in [5, 5.41) is 11.8. The number of aliphatic carboxylic acids is 1. The summed E-state index contributed by atoms with van der Waals surface area (Å²) >= 11 is 0. The molecule has 0 aromatic carbocycles. The normalized spacial score (nSPS) is 28.7. The van der Waals surface area contributed by atoms with Crippen LogP contribution in [0.4, 0.5) is 0 Å². The summed E-state index contributed by atoms with van der Waals surface area (Å²) in [6.07, 6.45) is 4.52.